The number of carboxylic acids is 1. The van der Waals surface area contributed by atoms with Crippen molar-refractivity contribution in [3.63, 3.8) is 0 Å². The molecule has 0 saturated carbocycles. The van der Waals surface area contributed by atoms with Crippen LogP contribution in [0.3, 0.4) is 0 Å². The van der Waals surface area contributed by atoms with E-state index in [2.05, 4.69) is 10.2 Å². The standard InChI is InChI=1S/C14H17N3O3S/c1-9-4-6-11(7-5-9)20-8-12-15-16-14(17(12)3)21-10(2)13(18)19/h4-7,10H,8H2,1-3H3,(H,18,19). The quantitative estimate of drug-likeness (QED) is 0.825. The second kappa shape index (κ2) is 6.62. The number of nitrogens with zero attached hydrogens (tertiary/aromatic N) is 3. The van der Waals surface area contributed by atoms with Crippen LogP contribution in [-0.2, 0) is 18.4 Å². The van der Waals surface area contributed by atoms with Crippen molar-refractivity contribution < 1.29 is 14.6 Å². The number of benzene rings is 1. The molecule has 0 spiro atoms. The number of carboxylic acid groups (broad SMARTS) is 1. The molecule has 1 heterocycles. The summed E-state index contributed by atoms with van der Waals surface area (Å²) in [4.78, 5) is 10.9. The first kappa shape index (κ1) is 15.4. The van der Waals surface area contributed by atoms with Gasteiger partial charge in [-0.15, -0.1) is 10.2 Å². The van der Waals surface area contributed by atoms with E-state index in [1.165, 1.54) is 5.56 Å². The molecule has 6 nitrogen and oxygen atoms in total. The fourth-order valence-electron chi connectivity index (χ4n) is 1.56. The van der Waals surface area contributed by atoms with Gasteiger partial charge < -0.3 is 14.4 Å². The SMILES string of the molecule is Cc1ccc(OCc2nnc(SC(C)C(=O)O)n2C)cc1. The number of aliphatic carboxylic acids is 1. The second-order valence-corrected chi connectivity index (χ2v) is 5.97. The molecule has 2 aromatic rings. The summed E-state index contributed by atoms with van der Waals surface area (Å²) in [6.45, 7) is 3.91. The van der Waals surface area contributed by atoms with Gasteiger partial charge in [-0.1, -0.05) is 29.5 Å². The molecule has 0 bridgehead atoms. The first-order valence-electron chi connectivity index (χ1n) is 6.44. The molecular formula is C14H17N3O3S. The predicted molar refractivity (Wildman–Crippen MR) is 79.5 cm³/mol. The van der Waals surface area contributed by atoms with Crippen molar-refractivity contribution in [1.82, 2.24) is 14.8 Å². The Morgan fingerprint density at radius 1 is 1.38 bits per heavy atom. The molecule has 0 fully saturated rings. The zero-order chi connectivity index (χ0) is 15.4. The monoisotopic (exact) mass is 307 g/mol. The molecule has 7 heteroatoms. The second-order valence-electron chi connectivity index (χ2n) is 4.66. The van der Waals surface area contributed by atoms with Gasteiger partial charge in [-0.3, -0.25) is 4.79 Å². The van der Waals surface area contributed by atoms with Gasteiger partial charge in [-0.25, -0.2) is 0 Å². The number of carbonyl (C=O) groups is 1. The molecule has 0 radical (unpaired) electrons. The van der Waals surface area contributed by atoms with Gasteiger partial charge in [0.15, 0.2) is 11.0 Å². The number of thioether (sulfide) groups is 1. The van der Waals surface area contributed by atoms with Crippen molar-refractivity contribution in [2.75, 3.05) is 0 Å². The fraction of sp³-hybridized carbons (Fsp3) is 0.357. The van der Waals surface area contributed by atoms with E-state index in [9.17, 15) is 4.79 Å². The van der Waals surface area contributed by atoms with Crippen LogP contribution in [0.1, 0.15) is 18.3 Å². The molecule has 1 atom stereocenters. The van der Waals surface area contributed by atoms with Crippen LogP contribution in [-0.4, -0.2) is 31.1 Å². The zero-order valence-electron chi connectivity index (χ0n) is 12.1. The van der Waals surface area contributed by atoms with Crippen molar-refractivity contribution in [3.05, 3.63) is 35.7 Å². The van der Waals surface area contributed by atoms with E-state index in [0.29, 0.717) is 11.0 Å². The van der Waals surface area contributed by atoms with E-state index in [4.69, 9.17) is 9.84 Å². The maximum absolute atomic E-state index is 10.9. The molecule has 21 heavy (non-hydrogen) atoms. The lowest BCUT2D eigenvalue weighted by molar-refractivity contribution is -0.136. The Balaban J connectivity index is 2.00. The minimum Gasteiger partial charge on any atom is -0.486 e. The summed E-state index contributed by atoms with van der Waals surface area (Å²) in [5.41, 5.74) is 1.17. The number of aromatic nitrogens is 3. The van der Waals surface area contributed by atoms with Crippen LogP contribution in [0.25, 0.3) is 0 Å². The lowest BCUT2D eigenvalue weighted by Crippen LogP contribution is -2.12. The predicted octanol–water partition coefficient (Wildman–Crippen LogP) is 2.27. The number of rotatable bonds is 6. The highest BCUT2D eigenvalue weighted by Gasteiger charge is 2.17. The molecule has 1 unspecified atom stereocenters. The maximum atomic E-state index is 10.9. The minimum atomic E-state index is -0.875. The molecule has 2 rings (SSSR count). The molecule has 1 aromatic heterocycles. The summed E-state index contributed by atoms with van der Waals surface area (Å²) in [7, 11) is 1.80. The molecule has 0 aliphatic rings. The van der Waals surface area contributed by atoms with E-state index in [1.54, 1.807) is 18.5 Å². The van der Waals surface area contributed by atoms with Crippen LogP contribution in [0.4, 0.5) is 0 Å². The van der Waals surface area contributed by atoms with Crippen molar-refractivity contribution in [1.29, 1.82) is 0 Å². The lowest BCUT2D eigenvalue weighted by atomic mass is 10.2. The third-order valence-electron chi connectivity index (χ3n) is 2.94. The number of hydrogen-bond acceptors (Lipinski definition) is 5. The largest absolute Gasteiger partial charge is 0.486 e. The summed E-state index contributed by atoms with van der Waals surface area (Å²) in [6.07, 6.45) is 0. The summed E-state index contributed by atoms with van der Waals surface area (Å²) in [5.74, 6) is 0.535. The number of hydrogen-bond donors (Lipinski definition) is 1. The highest BCUT2D eigenvalue weighted by molar-refractivity contribution is 8.00. The van der Waals surface area contributed by atoms with Crippen molar-refractivity contribution in [2.24, 2.45) is 7.05 Å². The Kier molecular flexibility index (Phi) is 4.85. The molecule has 1 aromatic carbocycles. The Bertz CT molecular complexity index is 625. The first-order chi connectivity index (χ1) is 9.97. The van der Waals surface area contributed by atoms with Crippen LogP contribution in [0.15, 0.2) is 29.4 Å². The highest BCUT2D eigenvalue weighted by Crippen LogP contribution is 2.22. The first-order valence-corrected chi connectivity index (χ1v) is 7.32. The van der Waals surface area contributed by atoms with E-state index in [1.807, 2.05) is 31.2 Å². The molecule has 0 amide bonds. The van der Waals surface area contributed by atoms with Gasteiger partial charge in [0.1, 0.15) is 17.6 Å². The zero-order valence-corrected chi connectivity index (χ0v) is 12.9. The van der Waals surface area contributed by atoms with Crippen LogP contribution in [0.5, 0.6) is 5.75 Å². The van der Waals surface area contributed by atoms with Crippen molar-refractivity contribution >= 4 is 17.7 Å². The average Bonchev–Trinajstić information content (AvgIpc) is 2.79. The summed E-state index contributed by atoms with van der Waals surface area (Å²) < 4.78 is 7.39. The lowest BCUT2D eigenvalue weighted by Gasteiger charge is -2.08. The van der Waals surface area contributed by atoms with Gasteiger partial charge in [-0.05, 0) is 26.0 Å². The maximum Gasteiger partial charge on any atom is 0.316 e. The van der Waals surface area contributed by atoms with Gasteiger partial charge >= 0.3 is 5.97 Å². The van der Waals surface area contributed by atoms with E-state index < -0.39 is 11.2 Å². The molecule has 0 aliphatic heterocycles. The minimum absolute atomic E-state index is 0.286. The summed E-state index contributed by atoms with van der Waals surface area (Å²) in [6, 6.07) is 7.74. The summed E-state index contributed by atoms with van der Waals surface area (Å²) >= 11 is 1.16. The van der Waals surface area contributed by atoms with Crippen LogP contribution >= 0.6 is 11.8 Å². The Hall–Kier alpha value is -2.02. The van der Waals surface area contributed by atoms with Gasteiger partial charge in [0.2, 0.25) is 0 Å². The fourth-order valence-corrected chi connectivity index (χ4v) is 2.33. The average molecular weight is 307 g/mol. The third kappa shape index (κ3) is 3.98. The highest BCUT2D eigenvalue weighted by atomic mass is 32.2. The van der Waals surface area contributed by atoms with E-state index in [-0.39, 0.29) is 6.61 Å². The molecule has 0 saturated heterocycles. The molecular weight excluding hydrogens is 290 g/mol. The molecule has 112 valence electrons. The third-order valence-corrected chi connectivity index (χ3v) is 4.07. The Morgan fingerprint density at radius 3 is 2.67 bits per heavy atom. The molecule has 1 N–H and O–H groups in total. The topological polar surface area (TPSA) is 77.2 Å². The van der Waals surface area contributed by atoms with Gasteiger partial charge in [0, 0.05) is 7.05 Å². The number of ether oxygens (including phenoxy) is 1. The Morgan fingerprint density at radius 2 is 2.05 bits per heavy atom. The smallest absolute Gasteiger partial charge is 0.316 e. The normalized spacial score (nSPS) is 12.1. The number of aryl methyl sites for hydroxylation is 1. The van der Waals surface area contributed by atoms with Crippen LogP contribution in [0.2, 0.25) is 0 Å². The van der Waals surface area contributed by atoms with E-state index >= 15 is 0 Å². The van der Waals surface area contributed by atoms with E-state index in [0.717, 1.165) is 17.5 Å². The van der Waals surface area contributed by atoms with Crippen LogP contribution in [0, 0.1) is 6.92 Å². The van der Waals surface area contributed by atoms with Crippen LogP contribution < -0.4 is 4.74 Å². The Labute approximate surface area is 127 Å². The van der Waals surface area contributed by atoms with Gasteiger partial charge in [0.25, 0.3) is 0 Å². The molecule has 0 aliphatic carbocycles. The van der Waals surface area contributed by atoms with Crippen molar-refractivity contribution in [3.8, 4) is 5.75 Å². The van der Waals surface area contributed by atoms with Gasteiger partial charge in [0.05, 0.1) is 0 Å². The van der Waals surface area contributed by atoms with Crippen molar-refractivity contribution in [2.45, 2.75) is 30.9 Å². The summed E-state index contributed by atoms with van der Waals surface area (Å²) in [5, 5.41) is 16.9. The van der Waals surface area contributed by atoms with Gasteiger partial charge in [-0.2, -0.15) is 0 Å².